The van der Waals surface area contributed by atoms with Gasteiger partial charge in [-0.2, -0.15) is 0 Å². The Kier molecular flexibility index (Phi) is 29.2. The lowest BCUT2D eigenvalue weighted by atomic mass is 10.1. The summed E-state index contributed by atoms with van der Waals surface area (Å²) in [6.45, 7) is 4.47. The summed E-state index contributed by atoms with van der Waals surface area (Å²) in [5, 5.41) is 11.5. The molecule has 2 atom stereocenters. The molecular formula is C39H69NO7. The number of carboxylic acid groups (broad SMARTS) is 1. The first kappa shape index (κ1) is 44.5. The molecule has 0 N–H and O–H groups in total. The number of likely N-dealkylation sites (N-methyl/N-ethyl adjacent to an activating group) is 1. The van der Waals surface area contributed by atoms with Crippen LogP contribution in [0.15, 0.2) is 36.5 Å². The summed E-state index contributed by atoms with van der Waals surface area (Å²) in [6.07, 6.45) is 31.8. The molecule has 0 bridgehead atoms. The van der Waals surface area contributed by atoms with Gasteiger partial charge in [-0.05, 0) is 44.9 Å². The van der Waals surface area contributed by atoms with Crippen molar-refractivity contribution < 1.29 is 38.2 Å². The van der Waals surface area contributed by atoms with Gasteiger partial charge in [-0.25, -0.2) is 0 Å². The Hall–Kier alpha value is -2.45. The maximum Gasteiger partial charge on any atom is 0.306 e. The number of ether oxygens (including phenoxy) is 3. The van der Waals surface area contributed by atoms with Gasteiger partial charge in [-0.15, -0.1) is 0 Å². The van der Waals surface area contributed by atoms with Gasteiger partial charge in [0.1, 0.15) is 12.6 Å². The van der Waals surface area contributed by atoms with Gasteiger partial charge in [-0.3, -0.25) is 9.59 Å². The zero-order valence-electron chi connectivity index (χ0n) is 30.7. The fraction of sp³-hybridized carbons (Fsp3) is 0.769. The van der Waals surface area contributed by atoms with Crippen LogP contribution in [0.25, 0.3) is 0 Å². The zero-order chi connectivity index (χ0) is 35.0. The highest BCUT2D eigenvalue weighted by Gasteiger charge is 2.25. The third-order valence-electron chi connectivity index (χ3n) is 8.04. The van der Waals surface area contributed by atoms with Crippen LogP contribution in [0, 0.1) is 0 Å². The Morgan fingerprint density at radius 2 is 1.19 bits per heavy atom. The summed E-state index contributed by atoms with van der Waals surface area (Å²) >= 11 is 0. The van der Waals surface area contributed by atoms with Crippen molar-refractivity contribution in [2.75, 3.05) is 41.0 Å². The second-order valence-electron chi connectivity index (χ2n) is 13.4. The summed E-state index contributed by atoms with van der Waals surface area (Å²) in [7, 11) is 5.38. The number of carboxylic acids is 1. The monoisotopic (exact) mass is 664 g/mol. The molecule has 0 spiro atoms. The molecule has 0 aliphatic carbocycles. The summed E-state index contributed by atoms with van der Waals surface area (Å²) in [4.78, 5) is 36.5. The molecule has 0 aromatic carbocycles. The maximum atomic E-state index is 12.6. The molecule has 0 aliphatic heterocycles. The van der Waals surface area contributed by atoms with E-state index in [-0.39, 0.29) is 42.7 Å². The molecule has 8 heteroatoms. The second kappa shape index (κ2) is 30.9. The number of rotatable bonds is 32. The maximum absolute atomic E-state index is 12.6. The van der Waals surface area contributed by atoms with Gasteiger partial charge in [0.15, 0.2) is 6.10 Å². The molecule has 272 valence electrons. The van der Waals surface area contributed by atoms with Gasteiger partial charge < -0.3 is 28.6 Å². The van der Waals surface area contributed by atoms with Crippen molar-refractivity contribution in [3.05, 3.63) is 36.5 Å². The molecule has 2 unspecified atom stereocenters. The number of hydrogen-bond donors (Lipinski definition) is 0. The SMILES string of the molecule is CC/C=C/C/C=C/C/C=C/CCCCCCCCC(=O)OC(COCCC(C(=O)[O-])[N+](C)(C)C)COC(=O)CCCCCCCCC. The van der Waals surface area contributed by atoms with E-state index in [0.29, 0.717) is 12.8 Å². The van der Waals surface area contributed by atoms with Crippen LogP contribution in [0.2, 0.25) is 0 Å². The number of unbranched alkanes of at least 4 members (excludes halogenated alkanes) is 12. The lowest BCUT2D eigenvalue weighted by molar-refractivity contribution is -0.889. The van der Waals surface area contributed by atoms with E-state index in [1.165, 1.54) is 38.5 Å². The molecule has 8 nitrogen and oxygen atoms in total. The van der Waals surface area contributed by atoms with Crippen molar-refractivity contribution >= 4 is 17.9 Å². The van der Waals surface area contributed by atoms with Gasteiger partial charge in [-0.1, -0.05) is 115 Å². The molecule has 0 amide bonds. The number of carbonyl (C=O) groups excluding carboxylic acids is 3. The molecule has 0 aliphatic rings. The number of nitrogens with zero attached hydrogens (tertiary/aromatic N) is 1. The Labute approximate surface area is 287 Å². The third kappa shape index (κ3) is 29.4. The fourth-order valence-corrected chi connectivity index (χ4v) is 5.14. The molecule has 0 saturated carbocycles. The van der Waals surface area contributed by atoms with Gasteiger partial charge in [0, 0.05) is 19.3 Å². The average molecular weight is 664 g/mol. The topological polar surface area (TPSA) is 102 Å². The summed E-state index contributed by atoms with van der Waals surface area (Å²) in [5.74, 6) is -1.76. The predicted octanol–water partition coefficient (Wildman–Crippen LogP) is 7.79. The highest BCUT2D eigenvalue weighted by molar-refractivity contribution is 5.70. The highest BCUT2D eigenvalue weighted by Crippen LogP contribution is 2.13. The minimum atomic E-state index is -1.13. The van der Waals surface area contributed by atoms with Crippen LogP contribution in [0.5, 0.6) is 0 Å². The quantitative estimate of drug-likeness (QED) is 0.0313. The number of carbonyl (C=O) groups is 3. The highest BCUT2D eigenvalue weighted by atomic mass is 16.6. The normalized spacial score (nSPS) is 13.5. The van der Waals surface area contributed by atoms with E-state index in [1.807, 2.05) is 0 Å². The van der Waals surface area contributed by atoms with E-state index in [1.54, 1.807) is 21.1 Å². The first-order chi connectivity index (χ1) is 22.6. The van der Waals surface area contributed by atoms with Gasteiger partial charge in [0.05, 0.1) is 40.3 Å². The fourth-order valence-electron chi connectivity index (χ4n) is 5.14. The van der Waals surface area contributed by atoms with Crippen LogP contribution in [0.1, 0.15) is 142 Å². The number of aliphatic carboxylic acids is 1. The molecule has 0 aromatic rings. The van der Waals surface area contributed by atoms with E-state index >= 15 is 0 Å². The molecular weight excluding hydrogens is 594 g/mol. The van der Waals surface area contributed by atoms with E-state index < -0.39 is 18.1 Å². The summed E-state index contributed by atoms with van der Waals surface area (Å²) < 4.78 is 17.0. The lowest BCUT2D eigenvalue weighted by Crippen LogP contribution is -2.55. The van der Waals surface area contributed by atoms with Crippen molar-refractivity contribution in [1.29, 1.82) is 0 Å². The minimum absolute atomic E-state index is 0.0361. The van der Waals surface area contributed by atoms with Crippen LogP contribution in [0.3, 0.4) is 0 Å². The second-order valence-corrected chi connectivity index (χ2v) is 13.4. The van der Waals surface area contributed by atoms with Crippen molar-refractivity contribution in [1.82, 2.24) is 0 Å². The van der Waals surface area contributed by atoms with E-state index in [4.69, 9.17) is 14.2 Å². The molecule has 0 fully saturated rings. The smallest absolute Gasteiger partial charge is 0.306 e. The Bertz CT molecular complexity index is 875. The summed E-state index contributed by atoms with van der Waals surface area (Å²) in [6, 6.07) is -0.724. The zero-order valence-corrected chi connectivity index (χ0v) is 30.7. The Morgan fingerprint density at radius 1 is 0.660 bits per heavy atom. The molecule has 0 rings (SSSR count). The van der Waals surface area contributed by atoms with E-state index in [2.05, 4.69) is 50.3 Å². The van der Waals surface area contributed by atoms with Crippen LogP contribution in [-0.2, 0) is 28.6 Å². The molecule has 0 radical (unpaired) electrons. The molecule has 47 heavy (non-hydrogen) atoms. The third-order valence-corrected chi connectivity index (χ3v) is 8.04. The van der Waals surface area contributed by atoms with E-state index in [0.717, 1.165) is 70.6 Å². The number of allylic oxidation sites excluding steroid dienone is 6. The summed E-state index contributed by atoms with van der Waals surface area (Å²) in [5.41, 5.74) is 0. The lowest BCUT2D eigenvalue weighted by Gasteiger charge is -2.34. The Balaban J connectivity index is 4.40. The first-order valence-electron chi connectivity index (χ1n) is 18.5. The number of hydrogen-bond acceptors (Lipinski definition) is 7. The van der Waals surface area contributed by atoms with Crippen LogP contribution in [0.4, 0.5) is 0 Å². The molecule has 0 saturated heterocycles. The van der Waals surface area contributed by atoms with Crippen LogP contribution >= 0.6 is 0 Å². The Morgan fingerprint density at radius 3 is 1.77 bits per heavy atom. The van der Waals surface area contributed by atoms with Crippen molar-refractivity contribution in [3.63, 3.8) is 0 Å². The molecule has 0 heterocycles. The van der Waals surface area contributed by atoms with Crippen LogP contribution in [-0.4, -0.2) is 75.5 Å². The van der Waals surface area contributed by atoms with Gasteiger partial charge in [0.25, 0.3) is 0 Å². The van der Waals surface area contributed by atoms with Crippen molar-refractivity contribution in [2.45, 2.75) is 154 Å². The van der Waals surface area contributed by atoms with Gasteiger partial charge >= 0.3 is 11.9 Å². The van der Waals surface area contributed by atoms with Crippen molar-refractivity contribution in [2.24, 2.45) is 0 Å². The first-order valence-corrected chi connectivity index (χ1v) is 18.5. The van der Waals surface area contributed by atoms with Gasteiger partial charge in [0.2, 0.25) is 0 Å². The largest absolute Gasteiger partial charge is 0.544 e. The van der Waals surface area contributed by atoms with E-state index in [9.17, 15) is 19.5 Å². The average Bonchev–Trinajstić information content (AvgIpc) is 3.01. The predicted molar refractivity (Wildman–Crippen MR) is 190 cm³/mol. The van der Waals surface area contributed by atoms with Crippen molar-refractivity contribution in [3.8, 4) is 0 Å². The standard InChI is InChI=1S/C39H69NO7/c1-6-8-10-12-14-15-16-17-18-19-20-21-22-24-26-28-30-38(42)47-35(33-45-32-31-36(39(43)44)40(3,4)5)34-46-37(41)29-27-25-23-13-11-9-7-2/h8,10,14-15,17-18,35-36H,6-7,9,11-13,16,19-34H2,1-5H3/b10-8+,15-14+,18-17+. The number of esters is 2. The minimum Gasteiger partial charge on any atom is -0.544 e. The molecule has 0 aromatic heterocycles. The van der Waals surface area contributed by atoms with Crippen LogP contribution < -0.4 is 5.11 Å². The number of quaternary nitrogens is 1.